The summed E-state index contributed by atoms with van der Waals surface area (Å²) in [4.78, 5) is 11.8. The van der Waals surface area contributed by atoms with Crippen molar-refractivity contribution in [2.45, 2.75) is 66.4 Å². The number of rotatable bonds is 5. The Morgan fingerprint density at radius 3 is 2.11 bits per heavy atom. The molecule has 18 heavy (non-hydrogen) atoms. The van der Waals surface area contributed by atoms with Gasteiger partial charge in [0.2, 0.25) is 0 Å². The quantitative estimate of drug-likeness (QED) is 0.767. The maximum atomic E-state index is 11.8. The average Bonchev–Trinajstić information content (AvgIpc) is 2.78. The molecule has 0 aromatic heterocycles. The molecular formula is C15H29NO2. The summed E-state index contributed by atoms with van der Waals surface area (Å²) >= 11 is 0. The van der Waals surface area contributed by atoms with Crippen molar-refractivity contribution in [1.82, 2.24) is 5.32 Å². The molecule has 0 bridgehead atoms. The summed E-state index contributed by atoms with van der Waals surface area (Å²) in [6.45, 7) is 14.3. The van der Waals surface area contributed by atoms with Crippen LogP contribution in [0.2, 0.25) is 0 Å². The van der Waals surface area contributed by atoms with E-state index in [1.54, 1.807) is 0 Å². The molecule has 0 aromatic carbocycles. The highest BCUT2D eigenvalue weighted by Gasteiger charge is 2.44. The summed E-state index contributed by atoms with van der Waals surface area (Å²) < 4.78 is 5.39. The monoisotopic (exact) mass is 255 g/mol. The van der Waals surface area contributed by atoms with Crippen LogP contribution in [0.15, 0.2) is 0 Å². The van der Waals surface area contributed by atoms with Crippen LogP contribution in [0, 0.1) is 10.8 Å². The molecule has 0 unspecified atom stereocenters. The van der Waals surface area contributed by atoms with E-state index in [4.69, 9.17) is 4.74 Å². The lowest BCUT2D eigenvalue weighted by molar-refractivity contribution is -0.156. The molecule has 3 heteroatoms. The van der Waals surface area contributed by atoms with Crippen LogP contribution in [0.1, 0.15) is 60.8 Å². The molecule has 1 N–H and O–H groups in total. The van der Waals surface area contributed by atoms with Gasteiger partial charge in [-0.15, -0.1) is 0 Å². The Balaban J connectivity index is 2.31. The predicted molar refractivity (Wildman–Crippen MR) is 74.5 cm³/mol. The van der Waals surface area contributed by atoms with Gasteiger partial charge >= 0.3 is 5.97 Å². The first-order valence-corrected chi connectivity index (χ1v) is 6.94. The smallest absolute Gasteiger partial charge is 0.306 e. The van der Waals surface area contributed by atoms with Gasteiger partial charge in [-0.1, -0.05) is 20.8 Å². The van der Waals surface area contributed by atoms with E-state index in [0.717, 1.165) is 25.9 Å². The normalized spacial score (nSPS) is 18.6. The second kappa shape index (κ2) is 5.20. The fraction of sp³-hybridized carbons (Fsp3) is 0.933. The zero-order valence-electron chi connectivity index (χ0n) is 12.9. The van der Waals surface area contributed by atoms with E-state index in [-0.39, 0.29) is 17.0 Å². The molecule has 1 aliphatic rings. The maximum Gasteiger partial charge on any atom is 0.306 e. The van der Waals surface area contributed by atoms with E-state index in [0.29, 0.717) is 11.8 Å². The molecule has 3 nitrogen and oxygen atoms in total. The van der Waals surface area contributed by atoms with Crippen LogP contribution in [-0.2, 0) is 9.53 Å². The highest BCUT2D eigenvalue weighted by atomic mass is 16.6. The number of hydrogen-bond acceptors (Lipinski definition) is 3. The van der Waals surface area contributed by atoms with Gasteiger partial charge in [0.15, 0.2) is 0 Å². The molecule has 1 saturated carbocycles. The van der Waals surface area contributed by atoms with E-state index >= 15 is 0 Å². The Morgan fingerprint density at radius 1 is 1.17 bits per heavy atom. The van der Waals surface area contributed by atoms with Crippen LogP contribution in [0.4, 0.5) is 0 Å². The predicted octanol–water partition coefficient (Wildman–Crippen LogP) is 3.13. The lowest BCUT2D eigenvalue weighted by atomic mass is 9.96. The first kappa shape index (κ1) is 15.5. The van der Waals surface area contributed by atoms with Crippen molar-refractivity contribution >= 4 is 5.97 Å². The lowest BCUT2D eigenvalue weighted by Crippen LogP contribution is -2.34. The van der Waals surface area contributed by atoms with Crippen molar-refractivity contribution < 1.29 is 9.53 Å². The first-order valence-electron chi connectivity index (χ1n) is 6.94. The molecule has 1 fully saturated rings. The van der Waals surface area contributed by atoms with Crippen LogP contribution in [0.3, 0.4) is 0 Å². The zero-order chi connectivity index (χ0) is 14.0. The van der Waals surface area contributed by atoms with Crippen molar-refractivity contribution in [3.63, 3.8) is 0 Å². The molecular weight excluding hydrogens is 226 g/mol. The van der Waals surface area contributed by atoms with Gasteiger partial charge in [-0.05, 0) is 44.4 Å². The molecule has 0 spiro atoms. The lowest BCUT2D eigenvalue weighted by Gasteiger charge is -2.24. The number of ether oxygens (including phenoxy) is 1. The molecule has 0 aliphatic heterocycles. The van der Waals surface area contributed by atoms with Gasteiger partial charge in [-0.2, -0.15) is 0 Å². The first-order chi connectivity index (χ1) is 8.02. The highest BCUT2D eigenvalue weighted by molar-refractivity contribution is 5.71. The summed E-state index contributed by atoms with van der Waals surface area (Å²) in [7, 11) is 0. The molecule has 1 rings (SSSR count). The fourth-order valence-corrected chi connectivity index (χ4v) is 1.98. The zero-order valence-corrected chi connectivity index (χ0v) is 12.9. The van der Waals surface area contributed by atoms with Gasteiger partial charge in [0, 0.05) is 13.1 Å². The molecule has 0 atom stereocenters. The van der Waals surface area contributed by atoms with Crippen molar-refractivity contribution in [3.05, 3.63) is 0 Å². The van der Waals surface area contributed by atoms with Crippen molar-refractivity contribution in [2.75, 3.05) is 13.1 Å². The van der Waals surface area contributed by atoms with Crippen LogP contribution in [-0.4, -0.2) is 24.7 Å². The van der Waals surface area contributed by atoms with Crippen molar-refractivity contribution in [1.29, 1.82) is 0 Å². The third kappa shape index (κ3) is 6.39. The van der Waals surface area contributed by atoms with Gasteiger partial charge in [0.1, 0.15) is 5.60 Å². The van der Waals surface area contributed by atoms with E-state index < -0.39 is 0 Å². The molecule has 0 aromatic rings. The van der Waals surface area contributed by atoms with Gasteiger partial charge in [-0.3, -0.25) is 4.79 Å². The second-order valence-corrected chi connectivity index (χ2v) is 7.93. The minimum atomic E-state index is -0.369. The minimum Gasteiger partial charge on any atom is -0.460 e. The summed E-state index contributed by atoms with van der Waals surface area (Å²) in [5.74, 6) is -0.0578. The van der Waals surface area contributed by atoms with Crippen LogP contribution in [0.5, 0.6) is 0 Å². The number of carbonyl (C=O) groups excluding carboxylic acids is 1. The Kier molecular flexibility index (Phi) is 4.47. The molecule has 1 aliphatic carbocycles. The van der Waals surface area contributed by atoms with Crippen LogP contribution >= 0.6 is 0 Å². The Bertz CT molecular complexity index is 293. The molecule has 0 radical (unpaired) electrons. The van der Waals surface area contributed by atoms with Gasteiger partial charge in [0.05, 0.1) is 6.42 Å². The maximum absolute atomic E-state index is 11.8. The molecule has 0 heterocycles. The van der Waals surface area contributed by atoms with E-state index in [1.165, 1.54) is 0 Å². The number of hydrogen-bond donors (Lipinski definition) is 1. The Morgan fingerprint density at radius 2 is 1.72 bits per heavy atom. The third-order valence-electron chi connectivity index (χ3n) is 3.05. The third-order valence-corrected chi connectivity index (χ3v) is 3.05. The Labute approximate surface area is 112 Å². The summed E-state index contributed by atoms with van der Waals surface area (Å²) in [5, 5.41) is 3.49. The van der Waals surface area contributed by atoms with E-state index in [1.807, 2.05) is 20.8 Å². The topological polar surface area (TPSA) is 38.3 Å². The summed E-state index contributed by atoms with van der Waals surface area (Å²) in [5.41, 5.74) is 0.0988. The number of carbonyl (C=O) groups is 1. The fourth-order valence-electron chi connectivity index (χ4n) is 1.98. The average molecular weight is 255 g/mol. The number of nitrogens with one attached hydrogen (secondary N) is 1. The summed E-state index contributed by atoms with van der Waals surface area (Å²) in [6.07, 6.45) is 2.84. The Hall–Kier alpha value is -0.570. The van der Waals surface area contributed by atoms with Crippen LogP contribution in [0.25, 0.3) is 0 Å². The molecule has 106 valence electrons. The minimum absolute atomic E-state index is 0.0578. The standard InChI is InChI=1S/C15H29NO2/c1-13(2,3)10-16-11-15(7-8-15)9-12(17)18-14(4,5)6/h16H,7-11H2,1-6H3. The van der Waals surface area contributed by atoms with E-state index in [2.05, 4.69) is 26.1 Å². The number of esters is 1. The van der Waals surface area contributed by atoms with Gasteiger partial charge in [0.25, 0.3) is 0 Å². The molecule has 0 saturated heterocycles. The van der Waals surface area contributed by atoms with E-state index in [9.17, 15) is 4.79 Å². The molecule has 0 amide bonds. The van der Waals surface area contributed by atoms with Crippen LogP contribution < -0.4 is 5.32 Å². The highest BCUT2D eigenvalue weighted by Crippen LogP contribution is 2.48. The largest absolute Gasteiger partial charge is 0.460 e. The van der Waals surface area contributed by atoms with Crippen molar-refractivity contribution in [2.24, 2.45) is 10.8 Å². The second-order valence-electron chi connectivity index (χ2n) is 7.93. The SMILES string of the molecule is CC(C)(C)CNCC1(CC(=O)OC(C)(C)C)CC1. The van der Waals surface area contributed by atoms with Crippen molar-refractivity contribution in [3.8, 4) is 0 Å². The summed E-state index contributed by atoms with van der Waals surface area (Å²) in [6, 6.07) is 0. The van der Waals surface area contributed by atoms with Gasteiger partial charge in [-0.25, -0.2) is 0 Å². The van der Waals surface area contributed by atoms with Gasteiger partial charge < -0.3 is 10.1 Å².